The molecule has 4 saturated carbocycles. The Hall–Kier alpha value is -0.870. The smallest absolute Gasteiger partial charge is 0.226 e. The average molecular weight is 472 g/mol. The summed E-state index contributed by atoms with van der Waals surface area (Å²) in [7, 11) is 0. The standard InChI is InChI=1S/C30H49NO3/c1-25(2)16-19-18-8-9-20-27(4)12-11-22(32)30(7,24(31)34)21(27)10-13-29(20,6)28(18,5)15-14-26(19,3)23(33)17-25/h8,19-23,32-33H,9-17H2,1-7H3,(H2,31,34). The van der Waals surface area contributed by atoms with Crippen molar-refractivity contribution >= 4 is 5.91 Å². The van der Waals surface area contributed by atoms with E-state index in [1.165, 1.54) is 0 Å². The number of allylic oxidation sites excluding steroid dienone is 2. The number of hydrogen-bond donors (Lipinski definition) is 3. The molecule has 0 aliphatic heterocycles. The van der Waals surface area contributed by atoms with Crippen molar-refractivity contribution in [2.75, 3.05) is 0 Å². The summed E-state index contributed by atoms with van der Waals surface area (Å²) < 4.78 is 0. The molecule has 0 heterocycles. The third-order valence-electron chi connectivity index (χ3n) is 13.3. The number of amides is 1. The zero-order valence-corrected chi connectivity index (χ0v) is 22.7. The molecule has 1 amide bonds. The zero-order valence-electron chi connectivity index (χ0n) is 22.7. The third kappa shape index (κ3) is 2.82. The highest BCUT2D eigenvalue weighted by molar-refractivity contribution is 5.82. The van der Waals surface area contributed by atoms with Crippen molar-refractivity contribution in [1.82, 2.24) is 0 Å². The first-order valence-corrected chi connectivity index (χ1v) is 13.9. The number of carbonyl (C=O) groups excluding carboxylic acids is 1. The largest absolute Gasteiger partial charge is 0.393 e. The van der Waals surface area contributed by atoms with Crippen LogP contribution in [0.15, 0.2) is 11.6 Å². The summed E-state index contributed by atoms with van der Waals surface area (Å²) in [5, 5.41) is 22.3. The maximum absolute atomic E-state index is 12.7. The number of nitrogens with two attached hydrogens (primary N) is 1. The summed E-state index contributed by atoms with van der Waals surface area (Å²) >= 11 is 0. The van der Waals surface area contributed by atoms with Gasteiger partial charge in [-0.05, 0) is 104 Å². The molecule has 10 unspecified atom stereocenters. The molecule has 0 aromatic heterocycles. The lowest BCUT2D eigenvalue weighted by Gasteiger charge is -2.71. The fourth-order valence-electron chi connectivity index (χ4n) is 10.7. The number of aliphatic hydroxyl groups is 2. The highest BCUT2D eigenvalue weighted by Gasteiger charge is 2.69. The summed E-state index contributed by atoms with van der Waals surface area (Å²) in [6, 6.07) is 0. The third-order valence-corrected chi connectivity index (χ3v) is 13.3. The lowest BCUT2D eigenvalue weighted by atomic mass is 9.33. The van der Waals surface area contributed by atoms with Crippen LogP contribution in [0, 0.1) is 50.2 Å². The van der Waals surface area contributed by atoms with Gasteiger partial charge in [-0.2, -0.15) is 0 Å². The molecule has 10 atom stereocenters. The zero-order chi connectivity index (χ0) is 25.1. The molecule has 0 saturated heterocycles. The Morgan fingerprint density at radius 3 is 2.18 bits per heavy atom. The van der Waals surface area contributed by atoms with Gasteiger partial charge in [0.25, 0.3) is 0 Å². The number of hydrogen-bond acceptors (Lipinski definition) is 3. The normalized spacial score (nSPS) is 56.3. The Balaban J connectivity index is 1.59. The van der Waals surface area contributed by atoms with Gasteiger partial charge in [-0.1, -0.05) is 53.2 Å². The molecule has 34 heavy (non-hydrogen) atoms. The first-order chi connectivity index (χ1) is 15.6. The topological polar surface area (TPSA) is 83.6 Å². The monoisotopic (exact) mass is 471 g/mol. The van der Waals surface area contributed by atoms with E-state index in [0.29, 0.717) is 18.3 Å². The van der Waals surface area contributed by atoms with Crippen molar-refractivity contribution in [3.05, 3.63) is 11.6 Å². The van der Waals surface area contributed by atoms with Gasteiger partial charge >= 0.3 is 0 Å². The molecule has 4 N–H and O–H groups in total. The van der Waals surface area contributed by atoms with Gasteiger partial charge in [-0.3, -0.25) is 4.79 Å². The molecule has 0 radical (unpaired) electrons. The van der Waals surface area contributed by atoms with Crippen LogP contribution < -0.4 is 5.73 Å². The van der Waals surface area contributed by atoms with Crippen LogP contribution in [0.25, 0.3) is 0 Å². The second-order valence-electron chi connectivity index (χ2n) is 15.1. The van der Waals surface area contributed by atoms with E-state index in [-0.39, 0.29) is 45.0 Å². The van der Waals surface area contributed by atoms with Crippen LogP contribution in [0.5, 0.6) is 0 Å². The lowest BCUT2D eigenvalue weighted by molar-refractivity contribution is -0.210. The second kappa shape index (κ2) is 7.12. The summed E-state index contributed by atoms with van der Waals surface area (Å²) in [6.45, 7) is 16.5. The van der Waals surface area contributed by atoms with E-state index in [0.717, 1.165) is 51.4 Å². The second-order valence-corrected chi connectivity index (χ2v) is 15.1. The Kier molecular flexibility index (Phi) is 5.20. The Morgan fingerprint density at radius 2 is 1.53 bits per heavy atom. The van der Waals surface area contributed by atoms with Gasteiger partial charge in [0.15, 0.2) is 0 Å². The molecular weight excluding hydrogens is 422 g/mol. The minimum atomic E-state index is -0.845. The van der Waals surface area contributed by atoms with E-state index in [4.69, 9.17) is 5.73 Å². The number of rotatable bonds is 1. The molecule has 0 bridgehead atoms. The van der Waals surface area contributed by atoms with Crippen molar-refractivity contribution in [3.8, 4) is 0 Å². The molecule has 5 rings (SSSR count). The molecule has 0 spiro atoms. The molecule has 5 aliphatic carbocycles. The summed E-state index contributed by atoms with van der Waals surface area (Å²) in [6.07, 6.45) is 10.7. The molecule has 4 nitrogen and oxygen atoms in total. The van der Waals surface area contributed by atoms with Crippen molar-refractivity contribution in [1.29, 1.82) is 0 Å². The van der Waals surface area contributed by atoms with Crippen LogP contribution in [0.1, 0.15) is 106 Å². The number of carbonyl (C=O) groups is 1. The molecule has 0 aromatic carbocycles. The average Bonchev–Trinajstić information content (AvgIpc) is 2.73. The fourth-order valence-corrected chi connectivity index (χ4v) is 10.7. The van der Waals surface area contributed by atoms with Gasteiger partial charge in [0.05, 0.1) is 17.6 Å². The van der Waals surface area contributed by atoms with Crippen LogP contribution in [0.3, 0.4) is 0 Å². The SMILES string of the molecule is CC1(C)CC(O)C2(C)CCC3(C)C(=CCC4C5(C)CCC(O)C(C)(C(N)=O)C5CCC43C)C2C1. The molecular formula is C30H49NO3. The Morgan fingerprint density at radius 1 is 0.853 bits per heavy atom. The van der Waals surface area contributed by atoms with Crippen LogP contribution in [0.4, 0.5) is 0 Å². The van der Waals surface area contributed by atoms with Crippen LogP contribution >= 0.6 is 0 Å². The quantitative estimate of drug-likeness (QED) is 0.435. The summed E-state index contributed by atoms with van der Waals surface area (Å²) in [4.78, 5) is 12.7. The van der Waals surface area contributed by atoms with E-state index < -0.39 is 11.5 Å². The predicted octanol–water partition coefficient (Wildman–Crippen LogP) is 5.61. The maximum Gasteiger partial charge on any atom is 0.226 e. The van der Waals surface area contributed by atoms with Crippen molar-refractivity contribution in [2.45, 2.75) is 118 Å². The van der Waals surface area contributed by atoms with Crippen molar-refractivity contribution in [2.24, 2.45) is 56.0 Å². The highest BCUT2D eigenvalue weighted by atomic mass is 16.3. The molecule has 0 aromatic rings. The number of primary amides is 1. The lowest BCUT2D eigenvalue weighted by Crippen LogP contribution is -2.67. The van der Waals surface area contributed by atoms with E-state index in [1.54, 1.807) is 5.57 Å². The molecule has 192 valence electrons. The van der Waals surface area contributed by atoms with E-state index in [9.17, 15) is 15.0 Å². The van der Waals surface area contributed by atoms with Crippen LogP contribution in [0.2, 0.25) is 0 Å². The molecule has 4 fully saturated rings. The van der Waals surface area contributed by atoms with Gasteiger partial charge in [-0.15, -0.1) is 0 Å². The maximum atomic E-state index is 12.7. The first-order valence-electron chi connectivity index (χ1n) is 13.9. The number of fused-ring (bicyclic) bond motifs is 7. The van der Waals surface area contributed by atoms with Crippen LogP contribution in [-0.4, -0.2) is 28.3 Å². The molecule has 4 heteroatoms. The number of aliphatic hydroxyl groups excluding tert-OH is 2. The van der Waals surface area contributed by atoms with E-state index >= 15 is 0 Å². The predicted molar refractivity (Wildman–Crippen MR) is 136 cm³/mol. The highest BCUT2D eigenvalue weighted by Crippen LogP contribution is 2.75. The summed E-state index contributed by atoms with van der Waals surface area (Å²) in [5.41, 5.74) is 7.16. The minimum Gasteiger partial charge on any atom is -0.393 e. The summed E-state index contributed by atoms with van der Waals surface area (Å²) in [5.74, 6) is 0.716. The van der Waals surface area contributed by atoms with E-state index in [2.05, 4.69) is 47.6 Å². The van der Waals surface area contributed by atoms with Crippen molar-refractivity contribution < 1.29 is 15.0 Å². The Labute approximate surface area is 207 Å². The van der Waals surface area contributed by atoms with Crippen LogP contribution in [-0.2, 0) is 4.79 Å². The van der Waals surface area contributed by atoms with Gasteiger partial charge < -0.3 is 15.9 Å². The molecule has 5 aliphatic rings. The van der Waals surface area contributed by atoms with E-state index in [1.807, 2.05) is 6.92 Å². The van der Waals surface area contributed by atoms with Crippen molar-refractivity contribution in [3.63, 3.8) is 0 Å². The first kappa shape index (κ1) is 24.8. The van der Waals surface area contributed by atoms with Gasteiger partial charge in [0, 0.05) is 5.41 Å². The fraction of sp³-hybridized carbons (Fsp3) is 0.900. The Bertz CT molecular complexity index is 926. The minimum absolute atomic E-state index is 0.00680. The van der Waals surface area contributed by atoms with Gasteiger partial charge in [0.2, 0.25) is 5.91 Å². The van der Waals surface area contributed by atoms with Gasteiger partial charge in [-0.25, -0.2) is 0 Å². The van der Waals surface area contributed by atoms with Gasteiger partial charge in [0.1, 0.15) is 0 Å².